The van der Waals surface area contributed by atoms with Gasteiger partial charge in [-0.2, -0.15) is 5.10 Å². The van der Waals surface area contributed by atoms with E-state index in [9.17, 15) is 4.79 Å². The van der Waals surface area contributed by atoms with Crippen molar-refractivity contribution in [3.63, 3.8) is 0 Å². The van der Waals surface area contributed by atoms with E-state index < -0.39 is 0 Å². The molecule has 39 heavy (non-hydrogen) atoms. The number of halogens is 2. The molecule has 5 rings (SSSR count). The van der Waals surface area contributed by atoms with E-state index in [4.69, 9.17) is 38.0 Å². The van der Waals surface area contributed by atoms with Crippen LogP contribution in [0.3, 0.4) is 0 Å². The van der Waals surface area contributed by atoms with E-state index in [0.29, 0.717) is 46.1 Å². The lowest BCUT2D eigenvalue weighted by molar-refractivity contribution is 0.0672. The molecule has 2 aromatic heterocycles. The van der Waals surface area contributed by atoms with Crippen LogP contribution in [0.1, 0.15) is 36.0 Å². The lowest BCUT2D eigenvalue weighted by Crippen LogP contribution is -2.41. The number of carbonyl (C=O) groups excluding carboxylic acids is 1. The zero-order valence-corrected chi connectivity index (χ0v) is 24.1. The summed E-state index contributed by atoms with van der Waals surface area (Å²) in [6.45, 7) is 0.929. The van der Waals surface area contributed by atoms with Crippen LogP contribution in [0, 0.1) is 0 Å². The minimum atomic E-state index is -0.0497. The Balaban J connectivity index is 1.49. The molecule has 0 atom stereocenters. The SMILES string of the molecule is COc1ccc(-c2nc(-c3ccncc3)nn2CCN(C(=O)c2cc(SC)ccc2Cl)C2CCCC2)cc1Cl. The molecule has 1 saturated carbocycles. The standard InChI is InChI=1S/C29H29Cl2N5O2S/c1-38-26-10-7-20(17-25(26)31)28-33-27(19-11-13-32-14-12-19)34-36(28)16-15-35(21-5-3-4-6-21)29(37)23-18-22(39-2)8-9-24(23)30/h7-14,17-18,21H,3-6,15-16H2,1-2H3. The summed E-state index contributed by atoms with van der Waals surface area (Å²) >= 11 is 14.6. The van der Waals surface area contributed by atoms with Gasteiger partial charge in [0.25, 0.3) is 5.91 Å². The van der Waals surface area contributed by atoms with E-state index in [1.165, 1.54) is 0 Å². The molecule has 1 amide bonds. The van der Waals surface area contributed by atoms with Crippen LogP contribution in [-0.4, -0.2) is 56.5 Å². The van der Waals surface area contributed by atoms with Gasteiger partial charge in [0.15, 0.2) is 11.6 Å². The molecule has 7 nitrogen and oxygen atoms in total. The van der Waals surface area contributed by atoms with Crippen molar-refractivity contribution >= 4 is 40.9 Å². The van der Waals surface area contributed by atoms with Crippen LogP contribution in [-0.2, 0) is 6.54 Å². The molecule has 0 spiro atoms. The highest BCUT2D eigenvalue weighted by Crippen LogP contribution is 2.32. The van der Waals surface area contributed by atoms with Crippen LogP contribution in [0.15, 0.2) is 65.8 Å². The summed E-state index contributed by atoms with van der Waals surface area (Å²) in [6.07, 6.45) is 9.60. The first kappa shape index (κ1) is 27.5. The lowest BCUT2D eigenvalue weighted by Gasteiger charge is -2.29. The molecule has 1 fully saturated rings. The Morgan fingerprint density at radius 3 is 2.51 bits per heavy atom. The first-order valence-corrected chi connectivity index (χ1v) is 14.8. The Hall–Kier alpha value is -3.07. The van der Waals surface area contributed by atoms with Gasteiger partial charge in [0, 0.05) is 41.0 Å². The third-order valence-corrected chi connectivity index (χ3v) is 8.35. The molecule has 0 saturated heterocycles. The van der Waals surface area contributed by atoms with E-state index in [1.54, 1.807) is 37.3 Å². The van der Waals surface area contributed by atoms with Gasteiger partial charge in [0.1, 0.15) is 5.75 Å². The molecule has 0 radical (unpaired) electrons. The number of benzene rings is 2. The molecular weight excluding hydrogens is 553 g/mol. The van der Waals surface area contributed by atoms with Gasteiger partial charge in [-0.05, 0) is 67.6 Å². The molecule has 10 heteroatoms. The van der Waals surface area contributed by atoms with Gasteiger partial charge >= 0.3 is 0 Å². The number of thioether (sulfide) groups is 1. The Kier molecular flexibility index (Phi) is 8.75. The van der Waals surface area contributed by atoms with Gasteiger partial charge in [-0.15, -0.1) is 11.8 Å². The Morgan fingerprint density at radius 1 is 1.05 bits per heavy atom. The summed E-state index contributed by atoms with van der Waals surface area (Å²) in [5.74, 6) is 1.77. The van der Waals surface area contributed by atoms with Crippen LogP contribution in [0.2, 0.25) is 10.0 Å². The van der Waals surface area contributed by atoms with Crippen LogP contribution in [0.5, 0.6) is 5.75 Å². The summed E-state index contributed by atoms with van der Waals surface area (Å²) in [5, 5.41) is 5.80. The number of pyridine rings is 1. The maximum absolute atomic E-state index is 13.9. The summed E-state index contributed by atoms with van der Waals surface area (Å²) in [7, 11) is 1.58. The van der Waals surface area contributed by atoms with Crippen molar-refractivity contribution in [1.82, 2.24) is 24.6 Å². The van der Waals surface area contributed by atoms with Crippen LogP contribution < -0.4 is 4.74 Å². The highest BCUT2D eigenvalue weighted by atomic mass is 35.5. The molecule has 0 N–H and O–H groups in total. The first-order chi connectivity index (χ1) is 19.0. The molecule has 2 aromatic carbocycles. The number of amides is 1. The highest BCUT2D eigenvalue weighted by Gasteiger charge is 2.29. The fourth-order valence-electron chi connectivity index (χ4n) is 4.96. The Labute approximate surface area is 242 Å². The molecule has 1 aliphatic carbocycles. The molecular formula is C29H29Cl2N5O2S. The number of ether oxygens (including phenoxy) is 1. The molecule has 2 heterocycles. The van der Waals surface area contributed by atoms with Crippen molar-refractivity contribution in [2.45, 2.75) is 43.2 Å². The van der Waals surface area contributed by atoms with Crippen molar-refractivity contribution in [1.29, 1.82) is 0 Å². The molecule has 1 aliphatic rings. The van der Waals surface area contributed by atoms with Crippen LogP contribution in [0.25, 0.3) is 22.8 Å². The lowest BCUT2D eigenvalue weighted by atomic mass is 10.1. The van der Waals surface area contributed by atoms with Crippen molar-refractivity contribution in [3.05, 3.63) is 76.5 Å². The summed E-state index contributed by atoms with van der Waals surface area (Å²) in [4.78, 5) is 25.8. The number of nitrogens with zero attached hydrogens (tertiary/aromatic N) is 5. The summed E-state index contributed by atoms with van der Waals surface area (Å²) in [6, 6.07) is 15.1. The normalized spacial score (nSPS) is 13.5. The van der Waals surface area contributed by atoms with E-state index in [1.807, 2.05) is 58.3 Å². The van der Waals surface area contributed by atoms with Gasteiger partial charge < -0.3 is 9.64 Å². The number of aromatic nitrogens is 4. The maximum Gasteiger partial charge on any atom is 0.255 e. The Morgan fingerprint density at radius 2 is 1.82 bits per heavy atom. The summed E-state index contributed by atoms with van der Waals surface area (Å²) < 4.78 is 7.18. The van der Waals surface area contributed by atoms with E-state index >= 15 is 0 Å². The van der Waals surface area contributed by atoms with Crippen molar-refractivity contribution in [2.75, 3.05) is 19.9 Å². The monoisotopic (exact) mass is 581 g/mol. The highest BCUT2D eigenvalue weighted by molar-refractivity contribution is 7.98. The average Bonchev–Trinajstić information content (AvgIpc) is 3.65. The zero-order chi connectivity index (χ0) is 27.4. The molecule has 0 bridgehead atoms. The molecule has 0 aliphatic heterocycles. The zero-order valence-electron chi connectivity index (χ0n) is 21.8. The summed E-state index contributed by atoms with van der Waals surface area (Å²) in [5.41, 5.74) is 2.20. The topological polar surface area (TPSA) is 73.1 Å². The smallest absolute Gasteiger partial charge is 0.255 e. The number of carbonyl (C=O) groups is 1. The molecule has 202 valence electrons. The molecule has 0 unspecified atom stereocenters. The first-order valence-electron chi connectivity index (χ1n) is 12.8. The Bertz CT molecular complexity index is 1460. The van der Waals surface area contributed by atoms with Gasteiger partial charge in [-0.1, -0.05) is 36.0 Å². The third kappa shape index (κ3) is 6.08. The average molecular weight is 583 g/mol. The van der Waals surface area contributed by atoms with E-state index in [-0.39, 0.29) is 11.9 Å². The predicted molar refractivity (Wildman–Crippen MR) is 157 cm³/mol. The number of hydrogen-bond donors (Lipinski definition) is 0. The largest absolute Gasteiger partial charge is 0.495 e. The van der Waals surface area contributed by atoms with Gasteiger partial charge in [-0.3, -0.25) is 9.78 Å². The molecule has 4 aromatic rings. The fraction of sp³-hybridized carbons (Fsp3) is 0.310. The minimum absolute atomic E-state index is 0.0497. The van der Waals surface area contributed by atoms with Crippen LogP contribution in [0.4, 0.5) is 0 Å². The fourth-order valence-corrected chi connectivity index (χ4v) is 5.85. The van der Waals surface area contributed by atoms with E-state index in [2.05, 4.69) is 4.98 Å². The second kappa shape index (κ2) is 12.4. The number of hydrogen-bond acceptors (Lipinski definition) is 6. The second-order valence-electron chi connectivity index (χ2n) is 9.35. The van der Waals surface area contributed by atoms with Crippen molar-refractivity contribution in [2.24, 2.45) is 0 Å². The maximum atomic E-state index is 13.9. The second-order valence-corrected chi connectivity index (χ2v) is 11.0. The quantitative estimate of drug-likeness (QED) is 0.196. The van der Waals surface area contributed by atoms with Crippen LogP contribution >= 0.6 is 35.0 Å². The number of rotatable bonds is 9. The number of methoxy groups -OCH3 is 1. The van der Waals surface area contributed by atoms with Gasteiger partial charge in [0.05, 0.1) is 29.3 Å². The van der Waals surface area contributed by atoms with Crippen molar-refractivity contribution in [3.8, 4) is 28.5 Å². The van der Waals surface area contributed by atoms with Gasteiger partial charge in [-0.25, -0.2) is 9.67 Å². The van der Waals surface area contributed by atoms with Gasteiger partial charge in [0.2, 0.25) is 0 Å². The van der Waals surface area contributed by atoms with Crippen molar-refractivity contribution < 1.29 is 9.53 Å². The third-order valence-electron chi connectivity index (χ3n) is 7.00. The minimum Gasteiger partial charge on any atom is -0.495 e. The van der Waals surface area contributed by atoms with E-state index in [0.717, 1.165) is 41.7 Å². The predicted octanol–water partition coefficient (Wildman–Crippen LogP) is 7.13.